The first-order valence-corrected chi connectivity index (χ1v) is 30.1. The molecule has 0 radical (unpaired) electrons. The lowest BCUT2D eigenvalue weighted by Gasteiger charge is -2.42. The zero-order valence-electron chi connectivity index (χ0n) is 51.4. The van der Waals surface area contributed by atoms with E-state index in [0.29, 0.717) is 32.1 Å². The molecule has 0 bridgehead atoms. The summed E-state index contributed by atoms with van der Waals surface area (Å²) in [6.07, 6.45) is -14.8. The van der Waals surface area contributed by atoms with Gasteiger partial charge in [0.15, 0.2) is 18.9 Å². The van der Waals surface area contributed by atoms with Gasteiger partial charge in [-0.05, 0) is 32.6 Å². The Morgan fingerprint density at radius 3 is 1.04 bits per heavy atom. The monoisotopic (exact) mass is 1300 g/mol. The van der Waals surface area contributed by atoms with Crippen molar-refractivity contribution < 1.29 is 132 Å². The van der Waals surface area contributed by atoms with E-state index in [2.05, 4.69) is 42.5 Å². The van der Waals surface area contributed by atoms with Gasteiger partial charge in [-0.3, -0.25) is 38.4 Å². The lowest BCUT2D eigenvalue weighted by Crippen LogP contribution is -2.64. The fourth-order valence-electron chi connectivity index (χ4n) is 9.54. The molecule has 3 rings (SSSR count). The smallest absolute Gasteiger partial charge is 0.242 e. The van der Waals surface area contributed by atoms with Crippen molar-refractivity contribution in [2.75, 3.05) is 98.9 Å². The molecule has 0 aliphatic carbocycles. The second-order valence-corrected chi connectivity index (χ2v) is 21.6. The van der Waals surface area contributed by atoms with Crippen molar-refractivity contribution in [3.8, 4) is 0 Å². The Kier molecular flexibility index (Phi) is 38.2. The topological polar surface area (TPSA) is 515 Å². The van der Waals surface area contributed by atoms with Gasteiger partial charge in [0.25, 0.3) is 0 Å². The standard InChI is InChI=1S/C55H96N8O27/c1-30(67)9-7-5-6-8-10-40(72)62-35(52(81)58-17-20-84-23-26-87-55-44(61-33(4)70)50(79)47(76)38(29-66)90-55)12-14-41(73)63-34(51(80)57-16-19-83-22-25-86-54-43(60-32(3)69)49(78)46(75)37(28-65)89-54)11-13-39(71)56-15-18-82-21-24-85-53-42(59-31(2)68)48(77)45(74)36(27-64)88-53/h34-38,42-50,53-55,64-66,74-79H,5-29H2,1-4H3,(H,56,71)(H,57,80)(H,58,81)(H,59,68)(H,60,69)(H,61,70)(H,62,72)(H,63,73). The molecule has 3 aliphatic rings. The number of rotatable bonds is 44. The van der Waals surface area contributed by atoms with Crippen LogP contribution in [0.25, 0.3) is 0 Å². The van der Waals surface area contributed by atoms with Crippen LogP contribution in [-0.4, -0.2) is 302 Å². The number of carbonyl (C=O) groups is 9. The van der Waals surface area contributed by atoms with E-state index in [1.165, 1.54) is 27.7 Å². The van der Waals surface area contributed by atoms with Crippen molar-refractivity contribution in [3.63, 3.8) is 0 Å². The third-order valence-corrected chi connectivity index (χ3v) is 14.2. The number of hydrogen-bond donors (Lipinski definition) is 17. The average Bonchev–Trinajstić information content (AvgIpc) is 1.22. The molecule has 3 saturated heterocycles. The molecule has 0 aromatic carbocycles. The molecule has 35 nitrogen and oxygen atoms in total. The van der Waals surface area contributed by atoms with Crippen LogP contribution >= 0.6 is 0 Å². The van der Waals surface area contributed by atoms with Crippen LogP contribution in [0, 0.1) is 0 Å². The minimum atomic E-state index is -1.54. The number of Topliss-reactive ketones (excluding diaryl/α,β-unsaturated/α-hetero) is 1. The van der Waals surface area contributed by atoms with Gasteiger partial charge in [-0.2, -0.15) is 0 Å². The molecule has 17 unspecified atom stereocenters. The van der Waals surface area contributed by atoms with Crippen molar-refractivity contribution in [1.82, 2.24) is 42.5 Å². The van der Waals surface area contributed by atoms with Crippen molar-refractivity contribution >= 4 is 53.0 Å². The summed E-state index contributed by atoms with van der Waals surface area (Å²) in [6.45, 7) is 2.00. The van der Waals surface area contributed by atoms with E-state index in [1.807, 2.05) is 0 Å². The number of ketones is 1. The van der Waals surface area contributed by atoms with E-state index >= 15 is 0 Å². The molecule has 3 fully saturated rings. The van der Waals surface area contributed by atoms with Crippen molar-refractivity contribution in [1.29, 1.82) is 0 Å². The van der Waals surface area contributed by atoms with Gasteiger partial charge in [0.2, 0.25) is 47.3 Å². The largest absolute Gasteiger partial charge is 0.394 e. The Balaban J connectivity index is 1.61. The summed E-state index contributed by atoms with van der Waals surface area (Å²) in [6, 6.07) is -6.12. The maximum Gasteiger partial charge on any atom is 0.242 e. The summed E-state index contributed by atoms with van der Waals surface area (Å²) < 4.78 is 50.1. The molecule has 8 amide bonds. The van der Waals surface area contributed by atoms with Crippen molar-refractivity contribution in [3.05, 3.63) is 0 Å². The van der Waals surface area contributed by atoms with Gasteiger partial charge in [-0.25, -0.2) is 0 Å². The predicted octanol–water partition coefficient (Wildman–Crippen LogP) is -8.27. The van der Waals surface area contributed by atoms with Gasteiger partial charge in [0, 0.05) is 66.1 Å². The van der Waals surface area contributed by atoms with Crippen LogP contribution in [0.4, 0.5) is 0 Å². The fraction of sp³-hybridized carbons (Fsp3) is 0.836. The Bertz CT molecular complexity index is 2190. The molecule has 3 aliphatic heterocycles. The molecule has 35 heteroatoms. The highest BCUT2D eigenvalue weighted by atomic mass is 16.7. The molecule has 90 heavy (non-hydrogen) atoms. The van der Waals surface area contributed by atoms with E-state index < -0.39 is 178 Å². The number of ether oxygens (including phenoxy) is 9. The van der Waals surface area contributed by atoms with Crippen LogP contribution in [0.1, 0.15) is 91.9 Å². The molecule has 3 heterocycles. The number of aliphatic hydroxyl groups is 9. The number of unbranched alkanes of at least 4 members (excludes halogenated alkanes) is 3. The molecular formula is C55H96N8O27. The van der Waals surface area contributed by atoms with Gasteiger partial charge < -0.3 is 136 Å². The van der Waals surface area contributed by atoms with E-state index in [0.717, 1.165) is 0 Å². The maximum absolute atomic E-state index is 13.7. The summed E-state index contributed by atoms with van der Waals surface area (Å²) in [7, 11) is 0. The van der Waals surface area contributed by atoms with Crippen LogP contribution in [0.15, 0.2) is 0 Å². The molecule has 17 N–H and O–H groups in total. The minimum Gasteiger partial charge on any atom is -0.394 e. The first-order valence-electron chi connectivity index (χ1n) is 30.1. The summed E-state index contributed by atoms with van der Waals surface area (Å²) in [4.78, 5) is 114. The fourth-order valence-corrected chi connectivity index (χ4v) is 9.54. The highest BCUT2D eigenvalue weighted by Gasteiger charge is 2.48. The molecule has 0 aromatic rings. The number of aliphatic hydroxyl groups excluding tert-OH is 9. The van der Waals surface area contributed by atoms with Gasteiger partial charge in [0.1, 0.15) is 90.9 Å². The SMILES string of the molecule is CC(=O)CCCCCCC(=O)NC(CCC(=O)NC(CCC(=O)NCCOCCOC1OC(CO)C(O)C(O)C1NC(C)=O)C(=O)NCCOCCOC1OC(CO)C(O)C(O)C1NC(C)=O)C(=O)NCCOCCOC1OC(CO)C(O)C(O)C1NC(C)=O. The van der Waals surface area contributed by atoms with Gasteiger partial charge in [-0.1, -0.05) is 12.8 Å². The second-order valence-electron chi connectivity index (χ2n) is 21.6. The normalized spacial score (nSPS) is 27.3. The molecular weight excluding hydrogens is 1200 g/mol. The first kappa shape index (κ1) is 78.9. The van der Waals surface area contributed by atoms with E-state index in [9.17, 15) is 89.1 Å². The third-order valence-electron chi connectivity index (χ3n) is 14.2. The molecule has 518 valence electrons. The highest BCUT2D eigenvalue weighted by Crippen LogP contribution is 2.25. The van der Waals surface area contributed by atoms with E-state index in [4.69, 9.17) is 42.6 Å². The van der Waals surface area contributed by atoms with Crippen LogP contribution in [0.3, 0.4) is 0 Å². The van der Waals surface area contributed by atoms with Gasteiger partial charge in [0.05, 0.1) is 79.3 Å². The third kappa shape index (κ3) is 29.1. The van der Waals surface area contributed by atoms with Crippen molar-refractivity contribution in [2.24, 2.45) is 0 Å². The quantitative estimate of drug-likeness (QED) is 0.0252. The Morgan fingerprint density at radius 1 is 0.389 bits per heavy atom. The van der Waals surface area contributed by atoms with E-state index in [1.54, 1.807) is 0 Å². The molecule has 0 spiro atoms. The van der Waals surface area contributed by atoms with Gasteiger partial charge in [-0.15, -0.1) is 0 Å². The van der Waals surface area contributed by atoms with E-state index in [-0.39, 0.29) is 111 Å². The van der Waals surface area contributed by atoms with Crippen molar-refractivity contribution in [2.45, 2.75) is 196 Å². The average molecular weight is 1300 g/mol. The van der Waals surface area contributed by atoms with Gasteiger partial charge >= 0.3 is 0 Å². The Hall–Kier alpha value is -5.29. The van der Waals surface area contributed by atoms with Crippen LogP contribution in [0.2, 0.25) is 0 Å². The number of amides is 8. The minimum absolute atomic E-state index is 0.0159. The Morgan fingerprint density at radius 2 is 0.711 bits per heavy atom. The van der Waals surface area contributed by atoms with Crippen LogP contribution in [-0.2, 0) is 85.8 Å². The first-order chi connectivity index (χ1) is 42.9. The summed E-state index contributed by atoms with van der Waals surface area (Å²) in [5.41, 5.74) is 0. The number of carbonyl (C=O) groups excluding carboxylic acids is 9. The highest BCUT2D eigenvalue weighted by molar-refractivity contribution is 5.90. The van der Waals surface area contributed by atoms with Crippen LogP contribution in [0.5, 0.6) is 0 Å². The summed E-state index contributed by atoms with van der Waals surface area (Å²) in [5, 5.41) is 112. The molecule has 17 atom stereocenters. The molecule has 0 aromatic heterocycles. The van der Waals surface area contributed by atoms with Crippen LogP contribution < -0.4 is 42.5 Å². The second kappa shape index (κ2) is 43.5. The lowest BCUT2D eigenvalue weighted by molar-refractivity contribution is -0.272. The lowest BCUT2D eigenvalue weighted by atomic mass is 9.97. The molecule has 0 saturated carbocycles. The predicted molar refractivity (Wildman–Crippen MR) is 306 cm³/mol. The zero-order chi connectivity index (χ0) is 66.7. The summed E-state index contributed by atoms with van der Waals surface area (Å²) >= 11 is 0. The zero-order valence-corrected chi connectivity index (χ0v) is 51.4. The maximum atomic E-state index is 13.7. The number of nitrogens with one attached hydrogen (secondary N) is 8. The number of hydrogen-bond acceptors (Lipinski definition) is 27. The Labute approximate surface area is 520 Å². The summed E-state index contributed by atoms with van der Waals surface area (Å²) in [5.74, 6) is -4.77.